The van der Waals surface area contributed by atoms with E-state index in [-0.39, 0.29) is 23.5 Å². The number of hydrogen-bond acceptors (Lipinski definition) is 6. The highest BCUT2D eigenvalue weighted by Crippen LogP contribution is 2.23. The zero-order valence-corrected chi connectivity index (χ0v) is 11.4. The molecular formula is C15H11N3O4. The number of ether oxygens (including phenoxy) is 1. The van der Waals surface area contributed by atoms with Crippen molar-refractivity contribution in [3.63, 3.8) is 0 Å². The molecule has 0 saturated carbocycles. The lowest BCUT2D eigenvalue weighted by Gasteiger charge is -2.07. The molecule has 0 fully saturated rings. The van der Waals surface area contributed by atoms with E-state index in [9.17, 15) is 14.9 Å². The minimum absolute atomic E-state index is 0.0235. The van der Waals surface area contributed by atoms with Crippen LogP contribution in [0.25, 0.3) is 0 Å². The summed E-state index contributed by atoms with van der Waals surface area (Å²) in [5.41, 5.74) is 6.06. The molecule has 2 aromatic rings. The normalized spacial score (nSPS) is 9.77. The topological polar surface area (TPSA) is 119 Å². The van der Waals surface area contributed by atoms with E-state index in [0.717, 1.165) is 6.07 Å². The number of nitrogens with zero attached hydrogens (tertiary/aromatic N) is 2. The van der Waals surface area contributed by atoms with E-state index in [2.05, 4.69) is 0 Å². The van der Waals surface area contributed by atoms with Gasteiger partial charge in [-0.3, -0.25) is 10.1 Å². The Morgan fingerprint density at radius 3 is 2.73 bits per heavy atom. The molecule has 0 radical (unpaired) electrons. The van der Waals surface area contributed by atoms with Crippen molar-refractivity contribution in [2.75, 3.05) is 5.73 Å². The number of benzene rings is 2. The van der Waals surface area contributed by atoms with Gasteiger partial charge in [-0.1, -0.05) is 18.2 Å². The van der Waals surface area contributed by atoms with Crippen LogP contribution in [-0.2, 0) is 11.3 Å². The average molecular weight is 297 g/mol. The average Bonchev–Trinajstić information content (AvgIpc) is 2.53. The predicted octanol–water partition coefficient (Wildman–Crippen LogP) is 2.41. The van der Waals surface area contributed by atoms with E-state index in [4.69, 9.17) is 15.7 Å². The van der Waals surface area contributed by atoms with Crippen molar-refractivity contribution in [1.82, 2.24) is 0 Å². The molecule has 0 aliphatic carbocycles. The summed E-state index contributed by atoms with van der Waals surface area (Å²) in [6, 6.07) is 12.4. The van der Waals surface area contributed by atoms with Crippen molar-refractivity contribution in [2.24, 2.45) is 0 Å². The standard InChI is InChI=1S/C15H11N3O4/c16-8-11-3-1-2-4-12(11)9-22-15(19)10-5-6-13(17)14(7-10)18(20)21/h1-7H,9,17H2. The van der Waals surface area contributed by atoms with Crippen LogP contribution in [0, 0.1) is 21.4 Å². The summed E-state index contributed by atoms with van der Waals surface area (Å²) in [6.45, 7) is -0.0965. The molecule has 0 spiro atoms. The SMILES string of the molecule is N#Cc1ccccc1COC(=O)c1ccc(N)c([N+](=O)[O-])c1. The number of anilines is 1. The fraction of sp³-hybridized carbons (Fsp3) is 0.0667. The Morgan fingerprint density at radius 2 is 2.05 bits per heavy atom. The third kappa shape index (κ3) is 3.19. The molecule has 0 aromatic heterocycles. The first kappa shape index (κ1) is 15.0. The van der Waals surface area contributed by atoms with Crippen LogP contribution in [0.2, 0.25) is 0 Å². The number of nitrogen functional groups attached to an aromatic ring is 1. The Bertz CT molecular complexity index is 781. The highest BCUT2D eigenvalue weighted by atomic mass is 16.6. The van der Waals surface area contributed by atoms with Gasteiger partial charge in [0.15, 0.2) is 0 Å². The predicted molar refractivity (Wildman–Crippen MR) is 77.8 cm³/mol. The number of hydrogen-bond donors (Lipinski definition) is 1. The molecule has 110 valence electrons. The van der Waals surface area contributed by atoms with Crippen molar-refractivity contribution in [3.8, 4) is 6.07 Å². The molecule has 0 heterocycles. The van der Waals surface area contributed by atoms with E-state index in [1.807, 2.05) is 6.07 Å². The zero-order chi connectivity index (χ0) is 16.1. The fourth-order valence-corrected chi connectivity index (χ4v) is 1.81. The maximum atomic E-state index is 11.9. The van der Waals surface area contributed by atoms with Crippen LogP contribution in [0.4, 0.5) is 11.4 Å². The van der Waals surface area contributed by atoms with Crippen molar-refractivity contribution < 1.29 is 14.5 Å². The highest BCUT2D eigenvalue weighted by Gasteiger charge is 2.17. The number of carbonyl (C=O) groups is 1. The summed E-state index contributed by atoms with van der Waals surface area (Å²) < 4.78 is 5.08. The number of esters is 1. The Morgan fingerprint density at radius 1 is 1.32 bits per heavy atom. The number of nitro groups is 1. The van der Waals surface area contributed by atoms with Crippen LogP contribution in [0.1, 0.15) is 21.5 Å². The molecule has 2 rings (SSSR count). The minimum atomic E-state index is -0.726. The Labute approximate surface area is 125 Å². The van der Waals surface area contributed by atoms with Crippen LogP contribution >= 0.6 is 0 Å². The smallest absolute Gasteiger partial charge is 0.338 e. The third-order valence-corrected chi connectivity index (χ3v) is 2.96. The number of nitriles is 1. The van der Waals surface area contributed by atoms with Gasteiger partial charge in [-0.05, 0) is 18.2 Å². The van der Waals surface area contributed by atoms with Gasteiger partial charge >= 0.3 is 5.97 Å². The van der Waals surface area contributed by atoms with E-state index in [1.54, 1.807) is 24.3 Å². The van der Waals surface area contributed by atoms with Crippen LogP contribution < -0.4 is 5.73 Å². The second-order valence-electron chi connectivity index (χ2n) is 4.38. The van der Waals surface area contributed by atoms with E-state index in [0.29, 0.717) is 11.1 Å². The van der Waals surface area contributed by atoms with E-state index >= 15 is 0 Å². The summed E-state index contributed by atoms with van der Waals surface area (Å²) in [5.74, 6) is -0.726. The maximum absolute atomic E-state index is 11.9. The van der Waals surface area contributed by atoms with Gasteiger partial charge in [0.05, 0.1) is 22.1 Å². The van der Waals surface area contributed by atoms with Gasteiger partial charge in [-0.25, -0.2) is 4.79 Å². The Kier molecular flexibility index (Phi) is 4.34. The fourth-order valence-electron chi connectivity index (χ4n) is 1.81. The van der Waals surface area contributed by atoms with Crippen LogP contribution in [0.3, 0.4) is 0 Å². The summed E-state index contributed by atoms with van der Waals surface area (Å²) in [4.78, 5) is 22.1. The molecule has 22 heavy (non-hydrogen) atoms. The number of rotatable bonds is 4. The van der Waals surface area contributed by atoms with Crippen LogP contribution in [0.15, 0.2) is 42.5 Å². The summed E-state index contributed by atoms with van der Waals surface area (Å²) >= 11 is 0. The molecule has 0 saturated heterocycles. The monoisotopic (exact) mass is 297 g/mol. The van der Waals surface area contributed by atoms with E-state index < -0.39 is 10.9 Å². The van der Waals surface area contributed by atoms with E-state index in [1.165, 1.54) is 12.1 Å². The summed E-state index contributed by atoms with van der Waals surface area (Å²) in [7, 11) is 0. The first-order chi connectivity index (χ1) is 10.5. The quantitative estimate of drug-likeness (QED) is 0.400. The van der Waals surface area contributed by atoms with Gasteiger partial charge in [0.1, 0.15) is 12.3 Å². The van der Waals surface area contributed by atoms with Crippen LogP contribution in [-0.4, -0.2) is 10.9 Å². The molecule has 0 aliphatic heterocycles. The van der Waals surface area contributed by atoms with Crippen LogP contribution in [0.5, 0.6) is 0 Å². The zero-order valence-electron chi connectivity index (χ0n) is 11.4. The summed E-state index contributed by atoms with van der Waals surface area (Å²) in [5, 5.41) is 19.7. The van der Waals surface area contributed by atoms with Gasteiger partial charge in [0, 0.05) is 11.6 Å². The Hall–Kier alpha value is -3.40. The van der Waals surface area contributed by atoms with Crippen molar-refractivity contribution in [1.29, 1.82) is 5.26 Å². The first-order valence-corrected chi connectivity index (χ1v) is 6.22. The lowest BCUT2D eigenvalue weighted by Crippen LogP contribution is -2.07. The molecule has 0 unspecified atom stereocenters. The second-order valence-corrected chi connectivity index (χ2v) is 4.38. The molecule has 0 aliphatic rings. The van der Waals surface area contributed by atoms with Gasteiger partial charge in [0.25, 0.3) is 5.69 Å². The molecule has 7 heteroatoms. The maximum Gasteiger partial charge on any atom is 0.338 e. The second kappa shape index (κ2) is 6.37. The number of carbonyl (C=O) groups excluding carboxylic acids is 1. The van der Waals surface area contributed by atoms with Crippen molar-refractivity contribution in [3.05, 3.63) is 69.3 Å². The largest absolute Gasteiger partial charge is 0.457 e. The molecule has 0 bridgehead atoms. The van der Waals surface area contributed by atoms with Gasteiger partial charge in [0.2, 0.25) is 0 Å². The number of nitro benzene ring substituents is 1. The van der Waals surface area contributed by atoms with Gasteiger partial charge in [-0.15, -0.1) is 0 Å². The molecule has 2 N–H and O–H groups in total. The minimum Gasteiger partial charge on any atom is -0.457 e. The Balaban J connectivity index is 2.15. The molecule has 0 amide bonds. The van der Waals surface area contributed by atoms with Crippen molar-refractivity contribution >= 4 is 17.3 Å². The lowest BCUT2D eigenvalue weighted by atomic mass is 10.1. The molecule has 2 aromatic carbocycles. The van der Waals surface area contributed by atoms with Gasteiger partial charge in [-0.2, -0.15) is 5.26 Å². The van der Waals surface area contributed by atoms with Crippen molar-refractivity contribution in [2.45, 2.75) is 6.61 Å². The van der Waals surface area contributed by atoms with Gasteiger partial charge < -0.3 is 10.5 Å². The highest BCUT2D eigenvalue weighted by molar-refractivity contribution is 5.91. The summed E-state index contributed by atoms with van der Waals surface area (Å²) in [6.07, 6.45) is 0. The molecular weight excluding hydrogens is 286 g/mol. The molecule has 0 atom stereocenters. The molecule has 7 nitrogen and oxygen atoms in total. The first-order valence-electron chi connectivity index (χ1n) is 6.22. The lowest BCUT2D eigenvalue weighted by molar-refractivity contribution is -0.383. The number of nitrogens with two attached hydrogens (primary N) is 1. The third-order valence-electron chi connectivity index (χ3n) is 2.96.